The lowest BCUT2D eigenvalue weighted by atomic mass is 9.94. The molecule has 0 unspecified atom stereocenters. The molecule has 0 fully saturated rings. The number of hydroxylamine groups is 1. The molecule has 4 rings (SSSR count). The van der Waals surface area contributed by atoms with Crippen molar-refractivity contribution in [3.63, 3.8) is 0 Å². The number of hydrogen-bond donors (Lipinski definition) is 2. The molecule has 0 radical (unpaired) electrons. The summed E-state index contributed by atoms with van der Waals surface area (Å²) in [6.07, 6.45) is 0.754. The van der Waals surface area contributed by atoms with Gasteiger partial charge in [-0.3, -0.25) is 10.0 Å². The van der Waals surface area contributed by atoms with Crippen molar-refractivity contribution in [1.82, 2.24) is 5.48 Å². The first-order valence-corrected chi connectivity index (χ1v) is 8.54. The van der Waals surface area contributed by atoms with Crippen molar-refractivity contribution >= 4 is 28.9 Å². The highest BCUT2D eigenvalue weighted by molar-refractivity contribution is 6.30. The molecule has 1 amide bonds. The van der Waals surface area contributed by atoms with Gasteiger partial charge in [0.2, 0.25) is 0 Å². The van der Waals surface area contributed by atoms with Crippen LogP contribution in [0.3, 0.4) is 0 Å². The highest BCUT2D eigenvalue weighted by atomic mass is 35.5. The molecular formula is C21H15ClN2O2. The van der Waals surface area contributed by atoms with Crippen molar-refractivity contribution in [1.29, 1.82) is 0 Å². The van der Waals surface area contributed by atoms with Crippen LogP contribution in [0.15, 0.2) is 71.7 Å². The lowest BCUT2D eigenvalue weighted by molar-refractivity contribution is 0.0706. The Hall–Kier alpha value is -2.95. The Morgan fingerprint density at radius 3 is 2.54 bits per heavy atom. The molecule has 2 N–H and O–H groups in total. The van der Waals surface area contributed by atoms with Crippen LogP contribution in [-0.2, 0) is 6.42 Å². The monoisotopic (exact) mass is 362 g/mol. The second kappa shape index (κ2) is 6.75. The van der Waals surface area contributed by atoms with Crippen LogP contribution in [-0.4, -0.2) is 16.8 Å². The van der Waals surface area contributed by atoms with E-state index < -0.39 is 5.91 Å². The zero-order chi connectivity index (χ0) is 18.1. The van der Waals surface area contributed by atoms with Gasteiger partial charge < -0.3 is 0 Å². The highest BCUT2D eigenvalue weighted by Gasteiger charge is 2.18. The van der Waals surface area contributed by atoms with Crippen molar-refractivity contribution in [2.75, 3.05) is 0 Å². The summed E-state index contributed by atoms with van der Waals surface area (Å²) in [6.45, 7) is 0. The second-order valence-electron chi connectivity index (χ2n) is 6.09. The van der Waals surface area contributed by atoms with Gasteiger partial charge in [-0.05, 0) is 41.5 Å². The van der Waals surface area contributed by atoms with Crippen LogP contribution in [0.1, 0.15) is 32.6 Å². The number of rotatable bonds is 2. The van der Waals surface area contributed by atoms with E-state index >= 15 is 0 Å². The fraction of sp³-hybridized carbons (Fsp3) is 0.0476. The third-order valence-electron chi connectivity index (χ3n) is 4.45. The van der Waals surface area contributed by atoms with Crippen molar-refractivity contribution < 1.29 is 10.0 Å². The van der Waals surface area contributed by atoms with Gasteiger partial charge in [0.25, 0.3) is 5.91 Å². The zero-order valence-electron chi connectivity index (χ0n) is 13.7. The average molecular weight is 363 g/mol. The number of fused-ring (bicyclic) bond motifs is 2. The first-order valence-electron chi connectivity index (χ1n) is 8.16. The number of aliphatic imine (C=N–C) groups is 1. The van der Waals surface area contributed by atoms with E-state index in [0.29, 0.717) is 10.6 Å². The molecular weight excluding hydrogens is 348 g/mol. The van der Waals surface area contributed by atoms with Gasteiger partial charge in [0.15, 0.2) is 0 Å². The van der Waals surface area contributed by atoms with Gasteiger partial charge in [-0.15, -0.1) is 0 Å². The lowest BCUT2D eigenvalue weighted by Gasteiger charge is -2.10. The fourth-order valence-corrected chi connectivity index (χ4v) is 3.35. The van der Waals surface area contributed by atoms with E-state index in [0.717, 1.165) is 34.5 Å². The first kappa shape index (κ1) is 16.5. The largest absolute Gasteiger partial charge is 0.288 e. The molecule has 0 aromatic heterocycles. The fourth-order valence-electron chi connectivity index (χ4n) is 3.16. The molecule has 4 nitrogen and oxygen atoms in total. The number of nitrogens with one attached hydrogen (secondary N) is 1. The van der Waals surface area contributed by atoms with E-state index in [1.54, 1.807) is 17.6 Å². The van der Waals surface area contributed by atoms with Gasteiger partial charge >= 0.3 is 0 Å². The number of amides is 1. The van der Waals surface area contributed by atoms with Gasteiger partial charge in [0.1, 0.15) is 0 Å². The molecule has 5 heteroatoms. The van der Waals surface area contributed by atoms with Crippen LogP contribution < -0.4 is 5.48 Å². The minimum absolute atomic E-state index is 0.380. The van der Waals surface area contributed by atoms with Crippen molar-refractivity contribution in [2.24, 2.45) is 4.99 Å². The molecule has 0 saturated heterocycles. The zero-order valence-corrected chi connectivity index (χ0v) is 14.5. The Labute approximate surface area is 155 Å². The summed E-state index contributed by atoms with van der Waals surface area (Å²) in [4.78, 5) is 16.4. The van der Waals surface area contributed by atoms with Gasteiger partial charge in [0.05, 0.1) is 11.4 Å². The smallest absolute Gasteiger partial charge is 0.274 e. The molecule has 3 aromatic rings. The van der Waals surface area contributed by atoms with Crippen molar-refractivity contribution in [2.45, 2.75) is 6.42 Å². The summed E-state index contributed by atoms with van der Waals surface area (Å²) in [5, 5.41) is 9.46. The van der Waals surface area contributed by atoms with E-state index in [2.05, 4.69) is 12.1 Å². The molecule has 1 aliphatic heterocycles. The maximum atomic E-state index is 11.5. The van der Waals surface area contributed by atoms with E-state index in [4.69, 9.17) is 21.8 Å². The topological polar surface area (TPSA) is 61.7 Å². The van der Waals surface area contributed by atoms with Crippen molar-refractivity contribution in [3.8, 4) is 0 Å². The van der Waals surface area contributed by atoms with Crippen LogP contribution in [0.5, 0.6) is 0 Å². The van der Waals surface area contributed by atoms with Crippen LogP contribution >= 0.6 is 11.6 Å². The van der Waals surface area contributed by atoms with Crippen LogP contribution in [0.25, 0.3) is 0 Å². The van der Waals surface area contributed by atoms with E-state index in [1.165, 1.54) is 5.56 Å². The summed E-state index contributed by atoms with van der Waals surface area (Å²) in [6, 6.07) is 20.9. The quantitative estimate of drug-likeness (QED) is 0.406. The summed E-state index contributed by atoms with van der Waals surface area (Å²) in [7, 11) is 0. The Balaban J connectivity index is 1.87. The molecule has 1 aliphatic rings. The van der Waals surface area contributed by atoms with Gasteiger partial charge in [-0.25, -0.2) is 10.5 Å². The molecule has 26 heavy (non-hydrogen) atoms. The Kier molecular flexibility index (Phi) is 4.29. The Morgan fingerprint density at radius 2 is 1.77 bits per heavy atom. The molecule has 0 spiro atoms. The number of halogens is 1. The summed E-state index contributed by atoms with van der Waals surface area (Å²) in [5.41, 5.74) is 7.96. The van der Waals surface area contributed by atoms with Crippen LogP contribution in [0.2, 0.25) is 5.02 Å². The molecule has 0 bridgehead atoms. The van der Waals surface area contributed by atoms with E-state index in [-0.39, 0.29) is 0 Å². The Bertz CT molecular complexity index is 1030. The van der Waals surface area contributed by atoms with Crippen molar-refractivity contribution in [3.05, 3.63) is 99.6 Å². The maximum Gasteiger partial charge on any atom is 0.274 e. The van der Waals surface area contributed by atoms with Gasteiger partial charge in [0, 0.05) is 28.1 Å². The summed E-state index contributed by atoms with van der Waals surface area (Å²) in [5.74, 6) is -0.542. The van der Waals surface area contributed by atoms with Crippen LogP contribution in [0.4, 0.5) is 5.69 Å². The van der Waals surface area contributed by atoms with E-state index in [9.17, 15) is 4.79 Å². The number of hydrogen-bond acceptors (Lipinski definition) is 3. The molecule has 0 atom stereocenters. The maximum absolute atomic E-state index is 11.5. The second-order valence-corrected chi connectivity index (χ2v) is 6.52. The predicted octanol–water partition coefficient (Wildman–Crippen LogP) is 4.53. The number of carbonyl (C=O) groups excluding carboxylic acids is 1. The normalized spacial score (nSPS) is 12.5. The third-order valence-corrected chi connectivity index (χ3v) is 4.68. The molecule has 0 aliphatic carbocycles. The summed E-state index contributed by atoms with van der Waals surface area (Å²) >= 11 is 6.16. The minimum atomic E-state index is -0.542. The summed E-state index contributed by atoms with van der Waals surface area (Å²) < 4.78 is 0. The number of benzene rings is 3. The molecule has 128 valence electrons. The number of carbonyl (C=O) groups is 1. The SMILES string of the molecule is O=C(NO)c1ccc(C2=Nc3ccc(Cl)cc3Cc3ccccc32)cc1. The van der Waals surface area contributed by atoms with Crippen LogP contribution in [0, 0.1) is 0 Å². The molecule has 3 aromatic carbocycles. The Morgan fingerprint density at radius 1 is 1.00 bits per heavy atom. The third kappa shape index (κ3) is 3.01. The lowest BCUT2D eigenvalue weighted by Crippen LogP contribution is -2.18. The molecule has 1 heterocycles. The average Bonchev–Trinajstić information content (AvgIpc) is 2.83. The van der Waals surface area contributed by atoms with Gasteiger partial charge in [-0.2, -0.15) is 0 Å². The molecule has 0 saturated carbocycles. The predicted molar refractivity (Wildman–Crippen MR) is 102 cm³/mol. The first-order chi connectivity index (χ1) is 12.7. The minimum Gasteiger partial charge on any atom is -0.288 e. The van der Waals surface area contributed by atoms with E-state index in [1.807, 2.05) is 42.5 Å². The highest BCUT2D eigenvalue weighted by Crippen LogP contribution is 2.32. The standard InChI is InChI=1S/C21H15ClN2O2/c22-17-9-10-19-16(12-17)11-15-3-1-2-4-18(15)20(23-19)13-5-7-14(8-6-13)21(25)24-26/h1-10,12,26H,11H2,(H,24,25). The van der Waals surface area contributed by atoms with Gasteiger partial charge in [-0.1, -0.05) is 48.0 Å². The number of nitrogens with zero attached hydrogens (tertiary/aromatic N) is 1.